The highest BCUT2D eigenvalue weighted by molar-refractivity contribution is 5.71. The number of hydrogen-bond donors (Lipinski definition) is 2. The SMILES string of the molecule is Cc1nc([N+](=O)[O-])c(NCC(CC(C)C)C(=O)O)n1C. The number of nitro groups is 1. The molecule has 2 N–H and O–H groups in total. The molecule has 0 radical (unpaired) electrons. The smallest absolute Gasteiger partial charge is 0.406 e. The van der Waals surface area contributed by atoms with Crippen molar-refractivity contribution in [1.82, 2.24) is 9.55 Å². The molecule has 1 unspecified atom stereocenters. The number of aryl methyl sites for hydroxylation is 1. The van der Waals surface area contributed by atoms with Crippen LogP contribution in [-0.2, 0) is 11.8 Å². The summed E-state index contributed by atoms with van der Waals surface area (Å²) in [4.78, 5) is 25.4. The molecule has 1 rings (SSSR count). The third kappa shape index (κ3) is 3.69. The average molecular weight is 284 g/mol. The molecule has 0 fully saturated rings. The van der Waals surface area contributed by atoms with E-state index >= 15 is 0 Å². The maximum Gasteiger partial charge on any atom is 0.406 e. The van der Waals surface area contributed by atoms with Crippen LogP contribution in [0.4, 0.5) is 11.6 Å². The Kier molecular flexibility index (Phi) is 5.06. The quantitative estimate of drug-likeness (QED) is 0.583. The molecule has 8 heteroatoms. The summed E-state index contributed by atoms with van der Waals surface area (Å²) in [6, 6.07) is 0. The zero-order valence-corrected chi connectivity index (χ0v) is 12.1. The molecule has 0 bridgehead atoms. The summed E-state index contributed by atoms with van der Waals surface area (Å²) in [5.74, 6) is -0.810. The van der Waals surface area contributed by atoms with Crippen molar-refractivity contribution in [1.29, 1.82) is 0 Å². The van der Waals surface area contributed by atoms with Crippen molar-refractivity contribution in [3.8, 4) is 0 Å². The summed E-state index contributed by atoms with van der Waals surface area (Å²) in [7, 11) is 1.65. The van der Waals surface area contributed by atoms with Crippen LogP contribution in [0, 0.1) is 28.9 Å². The maximum absolute atomic E-state index is 11.2. The number of aromatic nitrogens is 2. The first kappa shape index (κ1) is 15.9. The first-order chi connectivity index (χ1) is 9.23. The molecule has 1 heterocycles. The van der Waals surface area contributed by atoms with E-state index in [0.717, 1.165) is 0 Å². The van der Waals surface area contributed by atoms with Crippen LogP contribution in [0.3, 0.4) is 0 Å². The van der Waals surface area contributed by atoms with Gasteiger partial charge in [0.05, 0.1) is 5.92 Å². The van der Waals surface area contributed by atoms with Crippen LogP contribution in [0.1, 0.15) is 26.1 Å². The lowest BCUT2D eigenvalue weighted by Gasteiger charge is -2.15. The van der Waals surface area contributed by atoms with Gasteiger partial charge in [-0.3, -0.25) is 9.36 Å². The van der Waals surface area contributed by atoms with E-state index < -0.39 is 16.8 Å². The molecule has 0 saturated heterocycles. The van der Waals surface area contributed by atoms with Crippen LogP contribution in [0.5, 0.6) is 0 Å². The van der Waals surface area contributed by atoms with Crippen molar-refractivity contribution in [3.05, 3.63) is 15.9 Å². The van der Waals surface area contributed by atoms with Crippen LogP contribution in [-0.4, -0.2) is 32.1 Å². The van der Waals surface area contributed by atoms with E-state index in [2.05, 4.69) is 10.3 Å². The van der Waals surface area contributed by atoms with E-state index in [1.165, 1.54) is 0 Å². The summed E-state index contributed by atoms with van der Waals surface area (Å²) in [6.07, 6.45) is 0.507. The number of carboxylic acids is 1. The van der Waals surface area contributed by atoms with Gasteiger partial charge in [0.15, 0.2) is 0 Å². The molecule has 0 saturated carbocycles. The van der Waals surface area contributed by atoms with E-state index in [1.54, 1.807) is 18.5 Å². The van der Waals surface area contributed by atoms with Gasteiger partial charge in [-0.15, -0.1) is 0 Å². The van der Waals surface area contributed by atoms with E-state index in [9.17, 15) is 14.9 Å². The van der Waals surface area contributed by atoms with Gasteiger partial charge < -0.3 is 20.5 Å². The van der Waals surface area contributed by atoms with Crippen LogP contribution in [0.15, 0.2) is 0 Å². The molecular formula is C12H20N4O4. The van der Waals surface area contributed by atoms with Crippen LogP contribution in [0.2, 0.25) is 0 Å². The monoisotopic (exact) mass is 284 g/mol. The number of nitrogens with zero attached hydrogens (tertiary/aromatic N) is 3. The van der Waals surface area contributed by atoms with Crippen LogP contribution >= 0.6 is 0 Å². The largest absolute Gasteiger partial charge is 0.481 e. The van der Waals surface area contributed by atoms with E-state index in [1.807, 2.05) is 13.8 Å². The average Bonchev–Trinajstić information content (AvgIpc) is 2.61. The number of rotatable bonds is 7. The zero-order valence-electron chi connectivity index (χ0n) is 12.1. The molecular weight excluding hydrogens is 264 g/mol. The lowest BCUT2D eigenvalue weighted by Crippen LogP contribution is -2.25. The third-order valence-electron chi connectivity index (χ3n) is 3.09. The van der Waals surface area contributed by atoms with Crippen molar-refractivity contribution < 1.29 is 14.8 Å². The Morgan fingerprint density at radius 3 is 2.60 bits per heavy atom. The van der Waals surface area contributed by atoms with Gasteiger partial charge in [0.1, 0.15) is 0 Å². The Morgan fingerprint density at radius 1 is 1.55 bits per heavy atom. The van der Waals surface area contributed by atoms with Crippen molar-refractivity contribution in [2.75, 3.05) is 11.9 Å². The Balaban J connectivity index is 2.87. The van der Waals surface area contributed by atoms with Gasteiger partial charge in [-0.25, -0.2) is 0 Å². The molecule has 0 aliphatic heterocycles. The molecule has 1 atom stereocenters. The number of anilines is 1. The Labute approximate surface area is 117 Å². The molecule has 8 nitrogen and oxygen atoms in total. The van der Waals surface area contributed by atoms with Crippen molar-refractivity contribution in [2.24, 2.45) is 18.9 Å². The Bertz CT molecular complexity index is 510. The van der Waals surface area contributed by atoms with Gasteiger partial charge in [-0.2, -0.15) is 0 Å². The lowest BCUT2D eigenvalue weighted by atomic mass is 9.97. The molecule has 0 aliphatic rings. The molecule has 1 aromatic rings. The summed E-state index contributed by atoms with van der Waals surface area (Å²) in [5.41, 5.74) is 0. The zero-order chi connectivity index (χ0) is 15.4. The fourth-order valence-corrected chi connectivity index (χ4v) is 1.98. The van der Waals surface area contributed by atoms with Crippen molar-refractivity contribution in [3.63, 3.8) is 0 Å². The normalized spacial score (nSPS) is 12.4. The highest BCUT2D eigenvalue weighted by Gasteiger charge is 2.26. The number of aliphatic carboxylic acids is 1. The van der Waals surface area contributed by atoms with Gasteiger partial charge >= 0.3 is 11.8 Å². The fraction of sp³-hybridized carbons (Fsp3) is 0.667. The van der Waals surface area contributed by atoms with E-state index in [4.69, 9.17) is 5.11 Å². The van der Waals surface area contributed by atoms with Crippen LogP contribution in [0.25, 0.3) is 0 Å². The molecule has 0 spiro atoms. The molecule has 1 aromatic heterocycles. The summed E-state index contributed by atoms with van der Waals surface area (Å²) in [6.45, 7) is 5.66. The summed E-state index contributed by atoms with van der Waals surface area (Å²) in [5, 5.41) is 22.9. The minimum Gasteiger partial charge on any atom is -0.481 e. The standard InChI is InChI=1S/C12H20N4O4/c1-7(2)5-9(12(17)18)6-13-10-11(16(19)20)14-8(3)15(10)4/h7,9,13H,5-6H2,1-4H3,(H,17,18). The lowest BCUT2D eigenvalue weighted by molar-refractivity contribution is -0.388. The van der Waals surface area contributed by atoms with Crippen molar-refractivity contribution in [2.45, 2.75) is 27.2 Å². The van der Waals surface area contributed by atoms with Gasteiger partial charge in [0.2, 0.25) is 11.6 Å². The molecule has 0 amide bonds. The number of hydrogen-bond acceptors (Lipinski definition) is 5. The van der Waals surface area contributed by atoms with Gasteiger partial charge in [-0.05, 0) is 22.2 Å². The van der Waals surface area contributed by atoms with Crippen LogP contribution < -0.4 is 5.32 Å². The summed E-state index contributed by atoms with van der Waals surface area (Å²) >= 11 is 0. The minimum absolute atomic E-state index is 0.132. The number of carbonyl (C=O) groups is 1. The second-order valence-electron chi connectivity index (χ2n) is 5.19. The van der Waals surface area contributed by atoms with Gasteiger partial charge in [-0.1, -0.05) is 13.8 Å². The topological polar surface area (TPSA) is 110 Å². The predicted octanol–water partition coefficient (Wildman–Crippen LogP) is 1.80. The number of nitrogens with one attached hydrogen (secondary N) is 1. The molecule has 20 heavy (non-hydrogen) atoms. The predicted molar refractivity (Wildman–Crippen MR) is 73.7 cm³/mol. The third-order valence-corrected chi connectivity index (χ3v) is 3.09. The second kappa shape index (κ2) is 6.36. The highest BCUT2D eigenvalue weighted by atomic mass is 16.6. The first-order valence-electron chi connectivity index (χ1n) is 6.38. The van der Waals surface area contributed by atoms with Crippen molar-refractivity contribution >= 4 is 17.6 Å². The Morgan fingerprint density at radius 2 is 2.15 bits per heavy atom. The van der Waals surface area contributed by atoms with E-state index in [-0.39, 0.29) is 24.1 Å². The minimum atomic E-state index is -0.909. The molecule has 112 valence electrons. The van der Waals surface area contributed by atoms with E-state index in [0.29, 0.717) is 12.2 Å². The van der Waals surface area contributed by atoms with Gasteiger partial charge in [0.25, 0.3) is 0 Å². The second-order valence-corrected chi connectivity index (χ2v) is 5.19. The maximum atomic E-state index is 11.2. The first-order valence-corrected chi connectivity index (χ1v) is 6.38. The number of carboxylic acid groups (broad SMARTS) is 1. The fourth-order valence-electron chi connectivity index (χ4n) is 1.98. The number of imidazole rings is 1. The Hall–Kier alpha value is -2.12. The summed E-state index contributed by atoms with van der Waals surface area (Å²) < 4.78 is 1.55. The molecule has 0 aliphatic carbocycles. The molecule has 0 aromatic carbocycles. The van der Waals surface area contributed by atoms with Gasteiger partial charge in [0, 0.05) is 20.5 Å². The highest BCUT2D eigenvalue weighted by Crippen LogP contribution is 2.24.